The van der Waals surface area contributed by atoms with Gasteiger partial charge in [0.05, 0.1) is 11.6 Å². The molecular formula is C19H14N4O. The molecule has 1 aliphatic rings. The van der Waals surface area contributed by atoms with Crippen LogP contribution in [0.1, 0.15) is 30.3 Å². The standard InChI is InChI=1S/C19H14N4O/c20-11-13-3-1-4-14(9-13)15-6-7-16-18(10-15)24-19(22-16)17-5-2-8-23(17)12-21/h1,3-4,6-7,9-10,17H,2,5,8H2/t17-/m0/s1. The van der Waals surface area contributed by atoms with Crippen LogP contribution in [0, 0.1) is 22.8 Å². The van der Waals surface area contributed by atoms with Gasteiger partial charge in [0.2, 0.25) is 5.89 Å². The van der Waals surface area contributed by atoms with Gasteiger partial charge in [-0.15, -0.1) is 0 Å². The minimum atomic E-state index is -0.0623. The first-order valence-electron chi connectivity index (χ1n) is 7.86. The van der Waals surface area contributed by atoms with Gasteiger partial charge in [0, 0.05) is 6.54 Å². The normalized spacial score (nSPS) is 16.9. The van der Waals surface area contributed by atoms with Gasteiger partial charge in [-0.25, -0.2) is 4.98 Å². The molecule has 0 bridgehead atoms. The Balaban J connectivity index is 1.74. The van der Waals surface area contributed by atoms with Crippen molar-refractivity contribution < 1.29 is 4.42 Å². The first-order chi connectivity index (χ1) is 11.8. The van der Waals surface area contributed by atoms with Crippen molar-refractivity contribution >= 4 is 11.1 Å². The summed E-state index contributed by atoms with van der Waals surface area (Å²) in [6, 6.07) is 15.4. The molecule has 0 aliphatic carbocycles. The summed E-state index contributed by atoms with van der Waals surface area (Å²) in [4.78, 5) is 6.27. The number of rotatable bonds is 2. The number of oxazole rings is 1. The smallest absolute Gasteiger partial charge is 0.218 e. The minimum Gasteiger partial charge on any atom is -0.438 e. The number of fused-ring (bicyclic) bond motifs is 1. The van der Waals surface area contributed by atoms with Gasteiger partial charge in [0.15, 0.2) is 11.8 Å². The molecular weight excluding hydrogens is 300 g/mol. The molecule has 1 saturated heterocycles. The predicted octanol–water partition coefficient (Wildman–Crippen LogP) is 3.98. The topological polar surface area (TPSA) is 76.8 Å². The molecule has 0 radical (unpaired) electrons. The van der Waals surface area contributed by atoms with Crippen molar-refractivity contribution in [2.75, 3.05) is 6.54 Å². The van der Waals surface area contributed by atoms with Gasteiger partial charge in [0.25, 0.3) is 0 Å². The summed E-state index contributed by atoms with van der Waals surface area (Å²) in [6.07, 6.45) is 4.07. The van der Waals surface area contributed by atoms with Crippen LogP contribution in [-0.2, 0) is 0 Å². The van der Waals surface area contributed by atoms with Gasteiger partial charge < -0.3 is 4.42 Å². The van der Waals surface area contributed by atoms with E-state index in [1.807, 2.05) is 36.4 Å². The van der Waals surface area contributed by atoms with Gasteiger partial charge in [0.1, 0.15) is 11.6 Å². The molecule has 0 N–H and O–H groups in total. The van der Waals surface area contributed by atoms with E-state index in [1.165, 1.54) is 0 Å². The molecule has 5 nitrogen and oxygen atoms in total. The molecule has 4 rings (SSSR count). The highest BCUT2D eigenvalue weighted by atomic mass is 16.3. The van der Waals surface area contributed by atoms with Crippen molar-refractivity contribution in [3.05, 3.63) is 53.9 Å². The number of benzene rings is 2. The second-order valence-corrected chi connectivity index (χ2v) is 5.88. The van der Waals surface area contributed by atoms with E-state index in [1.54, 1.807) is 11.0 Å². The minimum absolute atomic E-state index is 0.0623. The maximum absolute atomic E-state index is 9.19. The van der Waals surface area contributed by atoms with Gasteiger partial charge >= 0.3 is 0 Å². The van der Waals surface area contributed by atoms with Crippen LogP contribution < -0.4 is 0 Å². The maximum Gasteiger partial charge on any atom is 0.218 e. The van der Waals surface area contributed by atoms with Crippen LogP contribution in [0.15, 0.2) is 46.9 Å². The Morgan fingerprint density at radius 1 is 1.12 bits per heavy atom. The molecule has 1 aliphatic heterocycles. The second kappa shape index (κ2) is 5.72. The third-order valence-electron chi connectivity index (χ3n) is 4.40. The fourth-order valence-corrected chi connectivity index (χ4v) is 3.18. The predicted molar refractivity (Wildman–Crippen MR) is 88.5 cm³/mol. The van der Waals surface area contributed by atoms with Crippen molar-refractivity contribution in [2.24, 2.45) is 0 Å². The number of nitriles is 2. The van der Waals surface area contributed by atoms with E-state index >= 15 is 0 Å². The lowest BCUT2D eigenvalue weighted by molar-refractivity contribution is 0.314. The molecule has 5 heteroatoms. The third kappa shape index (κ3) is 2.37. The third-order valence-corrected chi connectivity index (χ3v) is 4.40. The lowest BCUT2D eigenvalue weighted by atomic mass is 10.0. The zero-order valence-corrected chi connectivity index (χ0v) is 12.9. The van der Waals surface area contributed by atoms with Crippen molar-refractivity contribution in [3.63, 3.8) is 0 Å². The first-order valence-corrected chi connectivity index (χ1v) is 7.86. The van der Waals surface area contributed by atoms with Crippen LogP contribution in [-0.4, -0.2) is 16.4 Å². The quantitative estimate of drug-likeness (QED) is 0.668. The van der Waals surface area contributed by atoms with Gasteiger partial charge in [-0.1, -0.05) is 18.2 Å². The van der Waals surface area contributed by atoms with E-state index in [0.717, 1.165) is 36.0 Å². The van der Waals surface area contributed by atoms with E-state index in [-0.39, 0.29) is 6.04 Å². The molecule has 0 spiro atoms. The molecule has 0 amide bonds. The summed E-state index contributed by atoms with van der Waals surface area (Å²) in [5, 5.41) is 18.2. The molecule has 1 fully saturated rings. The first kappa shape index (κ1) is 14.3. The van der Waals surface area contributed by atoms with E-state index in [2.05, 4.69) is 17.2 Å². The van der Waals surface area contributed by atoms with E-state index in [0.29, 0.717) is 17.0 Å². The Morgan fingerprint density at radius 3 is 2.83 bits per heavy atom. The molecule has 24 heavy (non-hydrogen) atoms. The van der Waals surface area contributed by atoms with Crippen molar-refractivity contribution in [1.29, 1.82) is 10.5 Å². The fourth-order valence-electron chi connectivity index (χ4n) is 3.18. The SMILES string of the molecule is N#Cc1cccc(-c2ccc3nc([C@@H]4CCCN4C#N)oc3c2)c1. The van der Waals surface area contributed by atoms with Gasteiger partial charge in [-0.05, 0) is 48.2 Å². The Kier molecular flexibility index (Phi) is 3.40. The second-order valence-electron chi connectivity index (χ2n) is 5.88. The molecule has 3 aromatic rings. The average molecular weight is 314 g/mol. The fraction of sp³-hybridized carbons (Fsp3) is 0.211. The number of aromatic nitrogens is 1. The summed E-state index contributed by atoms with van der Waals surface area (Å²) in [5.41, 5.74) is 4.06. The number of likely N-dealkylation sites (tertiary alicyclic amines) is 1. The summed E-state index contributed by atoms with van der Waals surface area (Å²) in [6.45, 7) is 0.756. The van der Waals surface area contributed by atoms with Crippen molar-refractivity contribution in [2.45, 2.75) is 18.9 Å². The molecule has 1 aromatic heterocycles. The summed E-state index contributed by atoms with van der Waals surface area (Å²) >= 11 is 0. The van der Waals surface area contributed by atoms with Gasteiger partial charge in [-0.3, -0.25) is 4.90 Å². The van der Waals surface area contributed by atoms with Crippen LogP contribution in [0.4, 0.5) is 0 Å². The molecule has 2 aromatic carbocycles. The Bertz CT molecular complexity index is 993. The molecule has 1 atom stereocenters. The highest BCUT2D eigenvalue weighted by molar-refractivity contribution is 5.80. The van der Waals surface area contributed by atoms with Crippen LogP contribution in [0.3, 0.4) is 0 Å². The summed E-state index contributed by atoms with van der Waals surface area (Å²) in [7, 11) is 0. The highest BCUT2D eigenvalue weighted by Gasteiger charge is 2.29. The monoisotopic (exact) mass is 314 g/mol. The van der Waals surface area contributed by atoms with Crippen LogP contribution >= 0.6 is 0 Å². The number of hydrogen-bond donors (Lipinski definition) is 0. The Morgan fingerprint density at radius 2 is 2.00 bits per heavy atom. The molecule has 116 valence electrons. The largest absolute Gasteiger partial charge is 0.438 e. The zero-order chi connectivity index (χ0) is 16.5. The van der Waals surface area contributed by atoms with Crippen molar-refractivity contribution in [3.8, 4) is 23.4 Å². The lowest BCUT2D eigenvalue weighted by Crippen LogP contribution is -2.17. The maximum atomic E-state index is 9.19. The van der Waals surface area contributed by atoms with E-state index in [4.69, 9.17) is 9.68 Å². The van der Waals surface area contributed by atoms with Gasteiger partial charge in [-0.2, -0.15) is 10.5 Å². The number of hydrogen-bond acceptors (Lipinski definition) is 5. The Labute approximate surface area is 139 Å². The average Bonchev–Trinajstić information content (AvgIpc) is 3.26. The summed E-state index contributed by atoms with van der Waals surface area (Å²) < 4.78 is 5.93. The van der Waals surface area contributed by atoms with E-state index < -0.39 is 0 Å². The van der Waals surface area contributed by atoms with Crippen LogP contribution in [0.2, 0.25) is 0 Å². The summed E-state index contributed by atoms with van der Waals surface area (Å²) in [5.74, 6) is 0.604. The lowest BCUT2D eigenvalue weighted by Gasteiger charge is -2.13. The number of nitrogens with zero attached hydrogens (tertiary/aromatic N) is 4. The molecule has 0 saturated carbocycles. The Hall–Kier alpha value is -3.31. The van der Waals surface area contributed by atoms with E-state index in [9.17, 15) is 5.26 Å². The van der Waals surface area contributed by atoms with Crippen LogP contribution in [0.5, 0.6) is 0 Å². The zero-order valence-electron chi connectivity index (χ0n) is 12.9. The highest BCUT2D eigenvalue weighted by Crippen LogP contribution is 2.33. The van der Waals surface area contributed by atoms with Crippen molar-refractivity contribution in [1.82, 2.24) is 9.88 Å². The van der Waals surface area contributed by atoms with Crippen LogP contribution in [0.25, 0.3) is 22.2 Å². The molecule has 2 heterocycles. The molecule has 0 unspecified atom stereocenters.